The van der Waals surface area contributed by atoms with Crippen LogP contribution >= 0.6 is 0 Å². The molecule has 202 valence electrons. The normalized spacial score (nSPS) is 10.6. The SMILES string of the molecule is CCCCN(CC(=O)Nc1cc(-c2ccccc2)nn1-c1ccc(OC)cc1)C(=O)Nc1ccc(CC)cc1. The van der Waals surface area contributed by atoms with Gasteiger partial charge in [-0.25, -0.2) is 9.48 Å². The van der Waals surface area contributed by atoms with Crippen LogP contribution in [0.4, 0.5) is 16.3 Å². The molecule has 3 amide bonds. The molecule has 0 fully saturated rings. The number of aromatic nitrogens is 2. The first kappa shape index (κ1) is 27.4. The van der Waals surface area contributed by atoms with Crippen molar-refractivity contribution in [3.63, 3.8) is 0 Å². The first-order valence-electron chi connectivity index (χ1n) is 13.2. The largest absolute Gasteiger partial charge is 0.497 e. The maximum Gasteiger partial charge on any atom is 0.322 e. The van der Waals surface area contributed by atoms with Gasteiger partial charge in [0.25, 0.3) is 0 Å². The number of nitrogens with one attached hydrogen (secondary N) is 2. The number of methoxy groups -OCH3 is 1. The van der Waals surface area contributed by atoms with Crippen LogP contribution in [0.2, 0.25) is 0 Å². The van der Waals surface area contributed by atoms with Crippen molar-refractivity contribution < 1.29 is 14.3 Å². The number of rotatable bonds is 11. The number of nitrogens with zero attached hydrogens (tertiary/aromatic N) is 3. The van der Waals surface area contributed by atoms with Gasteiger partial charge in [-0.3, -0.25) is 4.79 Å². The van der Waals surface area contributed by atoms with Crippen LogP contribution in [0.15, 0.2) is 84.9 Å². The number of hydrogen-bond acceptors (Lipinski definition) is 4. The number of carbonyl (C=O) groups excluding carboxylic acids is 2. The smallest absolute Gasteiger partial charge is 0.322 e. The molecule has 0 saturated heterocycles. The van der Waals surface area contributed by atoms with Crippen molar-refractivity contribution in [1.82, 2.24) is 14.7 Å². The third-order valence-corrected chi connectivity index (χ3v) is 6.38. The zero-order chi connectivity index (χ0) is 27.6. The molecule has 0 spiro atoms. The predicted molar refractivity (Wildman–Crippen MR) is 156 cm³/mol. The minimum Gasteiger partial charge on any atom is -0.497 e. The van der Waals surface area contributed by atoms with Gasteiger partial charge in [-0.15, -0.1) is 0 Å². The average Bonchev–Trinajstić information content (AvgIpc) is 3.39. The number of aryl methyl sites for hydroxylation is 1. The summed E-state index contributed by atoms with van der Waals surface area (Å²) in [7, 11) is 1.61. The second-order valence-electron chi connectivity index (χ2n) is 9.19. The molecule has 2 N–H and O–H groups in total. The van der Waals surface area contributed by atoms with E-state index in [0.717, 1.165) is 42.0 Å². The monoisotopic (exact) mass is 525 g/mol. The molecule has 0 aliphatic heterocycles. The summed E-state index contributed by atoms with van der Waals surface area (Å²) in [6.07, 6.45) is 2.62. The topological polar surface area (TPSA) is 88.5 Å². The van der Waals surface area contributed by atoms with Crippen LogP contribution in [-0.2, 0) is 11.2 Å². The molecule has 0 atom stereocenters. The molecule has 4 aromatic rings. The van der Waals surface area contributed by atoms with Gasteiger partial charge < -0.3 is 20.3 Å². The van der Waals surface area contributed by atoms with Crippen LogP contribution < -0.4 is 15.4 Å². The Morgan fingerprint density at radius 1 is 0.923 bits per heavy atom. The standard InChI is InChI=1S/C31H35N5O3/c1-4-6-20-35(31(38)32-25-14-12-23(5-2)13-15-25)22-30(37)33-29-21-28(24-10-8-7-9-11-24)34-36(29)26-16-18-27(39-3)19-17-26/h7-19,21H,4-6,20,22H2,1-3H3,(H,32,38)(H,33,37). The maximum atomic E-state index is 13.3. The van der Waals surface area contributed by atoms with Gasteiger partial charge in [0.05, 0.1) is 18.5 Å². The lowest BCUT2D eigenvalue weighted by Crippen LogP contribution is -2.41. The van der Waals surface area contributed by atoms with Crippen molar-refractivity contribution in [3.05, 3.63) is 90.5 Å². The van der Waals surface area contributed by atoms with Crippen molar-refractivity contribution in [2.75, 3.05) is 30.8 Å². The van der Waals surface area contributed by atoms with E-state index < -0.39 is 0 Å². The second-order valence-corrected chi connectivity index (χ2v) is 9.19. The van der Waals surface area contributed by atoms with E-state index in [-0.39, 0.29) is 18.5 Å². The molecule has 0 aliphatic carbocycles. The van der Waals surface area contributed by atoms with Gasteiger partial charge in [0, 0.05) is 23.9 Å². The van der Waals surface area contributed by atoms with Crippen molar-refractivity contribution >= 4 is 23.4 Å². The minimum absolute atomic E-state index is 0.0899. The average molecular weight is 526 g/mol. The molecule has 1 aromatic heterocycles. The van der Waals surface area contributed by atoms with Crippen molar-refractivity contribution in [3.8, 4) is 22.7 Å². The quantitative estimate of drug-likeness (QED) is 0.238. The Hall–Kier alpha value is -4.59. The Morgan fingerprint density at radius 3 is 2.28 bits per heavy atom. The number of ether oxygens (including phenoxy) is 1. The first-order chi connectivity index (χ1) is 19.0. The fraction of sp³-hybridized carbons (Fsp3) is 0.258. The number of urea groups is 1. The molecule has 39 heavy (non-hydrogen) atoms. The molecule has 0 unspecified atom stereocenters. The second kappa shape index (κ2) is 13.3. The summed E-state index contributed by atoms with van der Waals surface area (Å²) in [4.78, 5) is 27.9. The minimum atomic E-state index is -0.309. The number of carbonyl (C=O) groups is 2. The van der Waals surface area contributed by atoms with E-state index in [1.165, 1.54) is 5.56 Å². The summed E-state index contributed by atoms with van der Waals surface area (Å²) in [5.41, 5.74) is 4.31. The van der Waals surface area contributed by atoms with E-state index in [9.17, 15) is 9.59 Å². The molecule has 1 heterocycles. The van der Waals surface area contributed by atoms with Crippen LogP contribution in [0.1, 0.15) is 32.3 Å². The maximum absolute atomic E-state index is 13.3. The van der Waals surface area contributed by atoms with Gasteiger partial charge >= 0.3 is 6.03 Å². The van der Waals surface area contributed by atoms with E-state index in [0.29, 0.717) is 18.1 Å². The molecule has 8 heteroatoms. The summed E-state index contributed by atoms with van der Waals surface area (Å²) in [6.45, 7) is 4.52. The Bertz CT molecular complexity index is 1370. The van der Waals surface area contributed by atoms with E-state index >= 15 is 0 Å². The zero-order valence-corrected chi connectivity index (χ0v) is 22.7. The molecule has 0 saturated carbocycles. The van der Waals surface area contributed by atoms with Gasteiger partial charge in [-0.05, 0) is 54.8 Å². The fourth-order valence-corrected chi connectivity index (χ4v) is 4.12. The Morgan fingerprint density at radius 2 is 1.64 bits per heavy atom. The lowest BCUT2D eigenvalue weighted by Gasteiger charge is -2.22. The number of benzene rings is 3. The number of hydrogen-bond donors (Lipinski definition) is 2. The Kier molecular flexibility index (Phi) is 9.34. The highest BCUT2D eigenvalue weighted by Crippen LogP contribution is 2.26. The van der Waals surface area contributed by atoms with Gasteiger partial charge in [0.1, 0.15) is 18.1 Å². The van der Waals surface area contributed by atoms with Gasteiger partial charge in [0.15, 0.2) is 0 Å². The molecule has 3 aromatic carbocycles. The number of unbranched alkanes of at least 4 members (excludes halogenated alkanes) is 1. The summed E-state index contributed by atoms with van der Waals surface area (Å²) < 4.78 is 6.97. The van der Waals surface area contributed by atoms with Crippen LogP contribution in [0.5, 0.6) is 5.75 Å². The highest BCUT2D eigenvalue weighted by atomic mass is 16.5. The highest BCUT2D eigenvalue weighted by molar-refractivity contribution is 5.97. The lowest BCUT2D eigenvalue weighted by molar-refractivity contribution is -0.116. The van der Waals surface area contributed by atoms with Gasteiger partial charge in [0.2, 0.25) is 5.91 Å². The van der Waals surface area contributed by atoms with E-state index in [1.54, 1.807) is 16.7 Å². The van der Waals surface area contributed by atoms with Crippen LogP contribution in [0.3, 0.4) is 0 Å². The zero-order valence-electron chi connectivity index (χ0n) is 22.7. The third kappa shape index (κ3) is 7.25. The van der Waals surface area contributed by atoms with Gasteiger partial charge in [-0.2, -0.15) is 5.10 Å². The van der Waals surface area contributed by atoms with Crippen molar-refractivity contribution in [1.29, 1.82) is 0 Å². The number of anilines is 2. The van der Waals surface area contributed by atoms with Gasteiger partial charge in [-0.1, -0.05) is 62.7 Å². The summed E-state index contributed by atoms with van der Waals surface area (Å²) >= 11 is 0. The van der Waals surface area contributed by atoms with Crippen LogP contribution in [0.25, 0.3) is 16.9 Å². The molecular formula is C31H35N5O3. The Balaban J connectivity index is 1.54. The summed E-state index contributed by atoms with van der Waals surface area (Å²) in [5, 5.41) is 10.7. The Labute approximate surface area is 229 Å². The predicted octanol–water partition coefficient (Wildman–Crippen LogP) is 6.38. The molecule has 0 radical (unpaired) electrons. The summed E-state index contributed by atoms with van der Waals surface area (Å²) in [5.74, 6) is 0.925. The molecular weight excluding hydrogens is 490 g/mol. The lowest BCUT2D eigenvalue weighted by atomic mass is 10.1. The molecule has 4 rings (SSSR count). The molecule has 0 aliphatic rings. The van der Waals surface area contributed by atoms with E-state index in [4.69, 9.17) is 9.84 Å². The molecule has 0 bridgehead atoms. The third-order valence-electron chi connectivity index (χ3n) is 6.38. The fourth-order valence-electron chi connectivity index (χ4n) is 4.12. The van der Waals surface area contributed by atoms with Crippen LogP contribution in [-0.4, -0.2) is 46.8 Å². The van der Waals surface area contributed by atoms with Crippen molar-refractivity contribution in [2.45, 2.75) is 33.1 Å². The van der Waals surface area contributed by atoms with Crippen molar-refractivity contribution in [2.24, 2.45) is 0 Å². The van der Waals surface area contributed by atoms with E-state index in [1.807, 2.05) is 84.9 Å². The highest BCUT2D eigenvalue weighted by Gasteiger charge is 2.20. The van der Waals surface area contributed by atoms with E-state index in [2.05, 4.69) is 24.5 Å². The van der Waals surface area contributed by atoms with Crippen LogP contribution in [0, 0.1) is 0 Å². The first-order valence-corrected chi connectivity index (χ1v) is 13.2. The summed E-state index contributed by atoms with van der Waals surface area (Å²) in [6, 6.07) is 26.5. The number of amides is 3. The molecule has 8 nitrogen and oxygen atoms in total.